The van der Waals surface area contributed by atoms with Crippen LogP contribution in [0.2, 0.25) is 5.02 Å². The lowest BCUT2D eigenvalue weighted by Gasteiger charge is -2.28. The minimum Gasteiger partial charge on any atom is -0.379 e. The molecular formula is C15H23ClN2O. The highest BCUT2D eigenvalue weighted by Crippen LogP contribution is 2.27. The fourth-order valence-electron chi connectivity index (χ4n) is 2.35. The summed E-state index contributed by atoms with van der Waals surface area (Å²) >= 11 is 6.15. The first-order valence-electron chi connectivity index (χ1n) is 6.90. The first-order valence-corrected chi connectivity index (χ1v) is 7.28. The molecule has 1 aromatic carbocycles. The number of likely N-dealkylation sites (N-methyl/N-ethyl adjacent to an activating group) is 1. The number of nitrogens with one attached hydrogen (secondary N) is 1. The maximum atomic E-state index is 6.15. The lowest BCUT2D eigenvalue weighted by molar-refractivity contribution is 0.193. The van der Waals surface area contributed by atoms with Crippen LogP contribution in [-0.2, 0) is 11.3 Å². The second kappa shape index (κ2) is 6.60. The van der Waals surface area contributed by atoms with Crippen molar-refractivity contribution in [1.29, 1.82) is 0 Å². The highest BCUT2D eigenvalue weighted by atomic mass is 35.5. The number of ether oxygens (including phenoxy) is 1. The molecule has 1 unspecified atom stereocenters. The van der Waals surface area contributed by atoms with Gasteiger partial charge in [0.05, 0.1) is 12.6 Å². The van der Waals surface area contributed by atoms with Gasteiger partial charge in [0.25, 0.3) is 0 Å². The summed E-state index contributed by atoms with van der Waals surface area (Å²) in [5.74, 6) is 0. The molecule has 3 nitrogen and oxygen atoms in total. The lowest BCUT2D eigenvalue weighted by Crippen LogP contribution is -2.33. The van der Waals surface area contributed by atoms with E-state index in [1.165, 1.54) is 11.3 Å². The molecule has 0 radical (unpaired) electrons. The fourth-order valence-corrected chi connectivity index (χ4v) is 2.52. The van der Waals surface area contributed by atoms with Crippen LogP contribution in [-0.4, -0.2) is 32.3 Å². The first kappa shape index (κ1) is 14.6. The van der Waals surface area contributed by atoms with Crippen molar-refractivity contribution in [2.75, 3.05) is 25.2 Å². The number of halogens is 1. The zero-order chi connectivity index (χ0) is 13.8. The third-order valence-corrected chi connectivity index (χ3v) is 3.82. The number of anilines is 1. The molecular weight excluding hydrogens is 260 g/mol. The van der Waals surface area contributed by atoms with Crippen molar-refractivity contribution in [3.05, 3.63) is 28.8 Å². The van der Waals surface area contributed by atoms with Crippen LogP contribution in [0.1, 0.15) is 25.8 Å². The first-order chi connectivity index (χ1) is 9.08. The van der Waals surface area contributed by atoms with Crippen molar-refractivity contribution >= 4 is 17.3 Å². The van der Waals surface area contributed by atoms with Gasteiger partial charge in [-0.3, -0.25) is 0 Å². The van der Waals surface area contributed by atoms with Crippen molar-refractivity contribution < 1.29 is 4.74 Å². The third-order valence-electron chi connectivity index (χ3n) is 3.58. The summed E-state index contributed by atoms with van der Waals surface area (Å²) in [5.41, 5.74) is 2.49. The molecule has 0 spiro atoms. The van der Waals surface area contributed by atoms with Crippen LogP contribution >= 0.6 is 11.6 Å². The predicted molar refractivity (Wildman–Crippen MR) is 81.1 cm³/mol. The Kier molecular flexibility index (Phi) is 5.08. The summed E-state index contributed by atoms with van der Waals surface area (Å²) in [4.78, 5) is 2.30. The number of hydrogen-bond acceptors (Lipinski definition) is 3. The zero-order valence-electron chi connectivity index (χ0n) is 11.9. The Morgan fingerprint density at radius 2 is 2.26 bits per heavy atom. The average Bonchev–Trinajstić information content (AvgIpc) is 2.90. The van der Waals surface area contributed by atoms with E-state index in [0.29, 0.717) is 12.1 Å². The van der Waals surface area contributed by atoms with Crippen LogP contribution in [0.15, 0.2) is 18.2 Å². The van der Waals surface area contributed by atoms with Gasteiger partial charge in [0.2, 0.25) is 0 Å². The standard InChI is InChI=1S/C15H23ClN2O/c1-11(2)17-9-12-4-5-13(16)8-15(12)18(3)14-6-7-19-10-14/h4-5,8,11,14,17H,6-7,9-10H2,1-3H3. The SMILES string of the molecule is CC(C)NCc1ccc(Cl)cc1N(C)C1CCOC1. The molecule has 0 aliphatic carbocycles. The van der Waals surface area contributed by atoms with Crippen LogP contribution in [0.4, 0.5) is 5.69 Å². The molecule has 1 aliphatic heterocycles. The summed E-state index contributed by atoms with van der Waals surface area (Å²) < 4.78 is 5.48. The summed E-state index contributed by atoms with van der Waals surface area (Å²) in [6.45, 7) is 6.84. The van der Waals surface area contributed by atoms with E-state index in [1.54, 1.807) is 0 Å². The Morgan fingerprint density at radius 1 is 1.47 bits per heavy atom. The second-order valence-electron chi connectivity index (χ2n) is 5.44. The molecule has 1 aromatic rings. The normalized spacial score (nSPS) is 19.1. The van der Waals surface area contributed by atoms with Gasteiger partial charge in [0.1, 0.15) is 0 Å². The van der Waals surface area contributed by atoms with Gasteiger partial charge in [-0.2, -0.15) is 0 Å². The molecule has 106 valence electrons. The van der Waals surface area contributed by atoms with Crippen LogP contribution in [0, 0.1) is 0 Å². The van der Waals surface area contributed by atoms with Gasteiger partial charge in [-0.05, 0) is 24.1 Å². The van der Waals surface area contributed by atoms with Crippen LogP contribution in [0.5, 0.6) is 0 Å². The van der Waals surface area contributed by atoms with Crippen LogP contribution < -0.4 is 10.2 Å². The summed E-state index contributed by atoms with van der Waals surface area (Å²) in [6.07, 6.45) is 1.08. The summed E-state index contributed by atoms with van der Waals surface area (Å²) in [7, 11) is 2.13. The second-order valence-corrected chi connectivity index (χ2v) is 5.87. The van der Waals surface area contributed by atoms with E-state index in [9.17, 15) is 0 Å². The van der Waals surface area contributed by atoms with Crippen molar-refractivity contribution in [1.82, 2.24) is 5.32 Å². The Morgan fingerprint density at radius 3 is 2.89 bits per heavy atom. The quantitative estimate of drug-likeness (QED) is 0.898. The van der Waals surface area contributed by atoms with Crippen molar-refractivity contribution in [2.24, 2.45) is 0 Å². The molecule has 1 aliphatic rings. The van der Waals surface area contributed by atoms with Gasteiger partial charge in [-0.15, -0.1) is 0 Å². The Balaban J connectivity index is 2.18. The number of nitrogens with zero attached hydrogens (tertiary/aromatic N) is 1. The summed E-state index contributed by atoms with van der Waals surface area (Å²) in [6, 6.07) is 7.05. The Bertz CT molecular complexity index is 417. The van der Waals surface area contributed by atoms with E-state index >= 15 is 0 Å². The highest BCUT2D eigenvalue weighted by molar-refractivity contribution is 6.30. The zero-order valence-corrected chi connectivity index (χ0v) is 12.7. The molecule has 0 amide bonds. The molecule has 0 bridgehead atoms. The van der Waals surface area contributed by atoms with Crippen LogP contribution in [0.25, 0.3) is 0 Å². The molecule has 19 heavy (non-hydrogen) atoms. The van der Waals surface area contributed by atoms with Gasteiger partial charge >= 0.3 is 0 Å². The van der Waals surface area contributed by atoms with Crippen molar-refractivity contribution in [2.45, 2.75) is 38.9 Å². The van der Waals surface area contributed by atoms with E-state index in [1.807, 2.05) is 6.07 Å². The third kappa shape index (κ3) is 3.85. The molecule has 4 heteroatoms. The van der Waals surface area contributed by atoms with Gasteiger partial charge < -0.3 is 15.0 Å². The summed E-state index contributed by atoms with van der Waals surface area (Å²) in [5, 5.41) is 4.25. The maximum absolute atomic E-state index is 6.15. The Labute approximate surface area is 120 Å². The maximum Gasteiger partial charge on any atom is 0.0670 e. The molecule has 2 rings (SSSR count). The molecule has 0 aromatic heterocycles. The van der Waals surface area contributed by atoms with Gasteiger partial charge in [0.15, 0.2) is 0 Å². The van der Waals surface area contributed by atoms with E-state index in [4.69, 9.17) is 16.3 Å². The van der Waals surface area contributed by atoms with E-state index in [0.717, 1.165) is 31.2 Å². The van der Waals surface area contributed by atoms with Gasteiger partial charge in [-0.1, -0.05) is 31.5 Å². The molecule has 1 heterocycles. The van der Waals surface area contributed by atoms with Crippen LogP contribution in [0.3, 0.4) is 0 Å². The predicted octanol–water partition coefficient (Wildman–Crippen LogP) is 3.06. The van der Waals surface area contributed by atoms with Crippen molar-refractivity contribution in [3.63, 3.8) is 0 Å². The minimum absolute atomic E-state index is 0.455. The van der Waals surface area contributed by atoms with Gasteiger partial charge in [-0.25, -0.2) is 0 Å². The van der Waals surface area contributed by atoms with E-state index < -0.39 is 0 Å². The topological polar surface area (TPSA) is 24.5 Å². The lowest BCUT2D eigenvalue weighted by atomic mass is 10.1. The van der Waals surface area contributed by atoms with E-state index in [2.05, 4.69) is 43.2 Å². The molecule has 1 saturated heterocycles. The fraction of sp³-hybridized carbons (Fsp3) is 0.600. The minimum atomic E-state index is 0.455. The largest absolute Gasteiger partial charge is 0.379 e. The number of benzene rings is 1. The molecule has 1 fully saturated rings. The smallest absolute Gasteiger partial charge is 0.0670 e. The molecule has 1 atom stereocenters. The van der Waals surface area contributed by atoms with Crippen molar-refractivity contribution in [3.8, 4) is 0 Å². The number of hydrogen-bond donors (Lipinski definition) is 1. The molecule has 1 N–H and O–H groups in total. The van der Waals surface area contributed by atoms with Gasteiger partial charge in [0, 0.05) is 37.0 Å². The number of rotatable bonds is 5. The average molecular weight is 283 g/mol. The van der Waals surface area contributed by atoms with E-state index in [-0.39, 0.29) is 0 Å². The highest BCUT2D eigenvalue weighted by Gasteiger charge is 2.22. The Hall–Kier alpha value is -0.770. The monoisotopic (exact) mass is 282 g/mol. The molecule has 0 saturated carbocycles.